The van der Waals surface area contributed by atoms with Crippen molar-refractivity contribution in [3.63, 3.8) is 0 Å². The maximum Gasteiger partial charge on any atom is 0.339 e. The summed E-state index contributed by atoms with van der Waals surface area (Å²) in [6.45, 7) is 3.02. The predicted molar refractivity (Wildman–Crippen MR) is 84.3 cm³/mol. The SMILES string of the molecule is Nc1cnc(N2CCN(c3ccncc3)CC2)c(C(=O)O)c1. The Hall–Kier alpha value is -2.83. The van der Waals surface area contributed by atoms with Crippen LogP contribution in [0.1, 0.15) is 10.4 Å². The Morgan fingerprint density at radius 2 is 1.77 bits per heavy atom. The first kappa shape index (κ1) is 14.1. The molecule has 0 aromatic carbocycles. The van der Waals surface area contributed by atoms with Crippen LogP contribution in [0.4, 0.5) is 17.2 Å². The second-order valence-electron chi connectivity index (χ2n) is 5.12. The molecule has 0 amide bonds. The molecule has 7 heteroatoms. The Morgan fingerprint density at radius 1 is 1.14 bits per heavy atom. The Bertz CT molecular complexity index is 669. The van der Waals surface area contributed by atoms with Gasteiger partial charge in [0.15, 0.2) is 0 Å². The van der Waals surface area contributed by atoms with Gasteiger partial charge in [0.25, 0.3) is 0 Å². The smallest absolute Gasteiger partial charge is 0.339 e. The summed E-state index contributed by atoms with van der Waals surface area (Å²) < 4.78 is 0. The minimum atomic E-state index is -1.01. The zero-order chi connectivity index (χ0) is 15.5. The number of carboxylic acid groups (broad SMARTS) is 1. The molecule has 2 aromatic rings. The molecule has 22 heavy (non-hydrogen) atoms. The number of nitrogens with zero attached hydrogens (tertiary/aromatic N) is 4. The summed E-state index contributed by atoms with van der Waals surface area (Å²) in [6.07, 6.45) is 5.04. The number of rotatable bonds is 3. The number of piperazine rings is 1. The van der Waals surface area contributed by atoms with E-state index in [4.69, 9.17) is 5.73 Å². The molecule has 1 aliphatic rings. The quantitative estimate of drug-likeness (QED) is 0.875. The molecule has 1 saturated heterocycles. The zero-order valence-corrected chi connectivity index (χ0v) is 12.0. The maximum absolute atomic E-state index is 11.4. The van der Waals surface area contributed by atoms with Gasteiger partial charge in [0.1, 0.15) is 11.4 Å². The predicted octanol–water partition coefficient (Wildman–Crippen LogP) is 1.08. The van der Waals surface area contributed by atoms with Crippen molar-refractivity contribution in [3.8, 4) is 0 Å². The highest BCUT2D eigenvalue weighted by atomic mass is 16.4. The third-order valence-electron chi connectivity index (χ3n) is 3.73. The first-order valence-electron chi connectivity index (χ1n) is 7.04. The van der Waals surface area contributed by atoms with Crippen LogP contribution in [0.5, 0.6) is 0 Å². The normalized spacial score (nSPS) is 14.9. The number of nitrogen functional groups attached to an aromatic ring is 1. The van der Waals surface area contributed by atoms with Gasteiger partial charge in [0.05, 0.1) is 11.9 Å². The highest BCUT2D eigenvalue weighted by Crippen LogP contribution is 2.23. The van der Waals surface area contributed by atoms with Crippen LogP contribution in [-0.4, -0.2) is 47.2 Å². The summed E-state index contributed by atoms with van der Waals surface area (Å²) in [6, 6.07) is 5.40. The van der Waals surface area contributed by atoms with Crippen LogP contribution in [0, 0.1) is 0 Å². The Balaban J connectivity index is 1.76. The third-order valence-corrected chi connectivity index (χ3v) is 3.73. The second-order valence-corrected chi connectivity index (χ2v) is 5.12. The number of hydrogen-bond acceptors (Lipinski definition) is 6. The van der Waals surface area contributed by atoms with Gasteiger partial charge >= 0.3 is 5.97 Å². The average molecular weight is 299 g/mol. The van der Waals surface area contributed by atoms with Gasteiger partial charge in [-0.2, -0.15) is 0 Å². The van der Waals surface area contributed by atoms with Gasteiger partial charge in [0, 0.05) is 44.3 Å². The molecule has 0 unspecified atom stereocenters. The van der Waals surface area contributed by atoms with E-state index < -0.39 is 5.97 Å². The van der Waals surface area contributed by atoms with E-state index >= 15 is 0 Å². The molecule has 1 fully saturated rings. The molecule has 0 saturated carbocycles. The lowest BCUT2D eigenvalue weighted by Crippen LogP contribution is -2.47. The van der Waals surface area contributed by atoms with Gasteiger partial charge in [-0.1, -0.05) is 0 Å². The number of anilines is 3. The van der Waals surface area contributed by atoms with Crippen molar-refractivity contribution >= 4 is 23.2 Å². The molecular weight excluding hydrogens is 282 g/mol. The molecule has 7 nitrogen and oxygen atoms in total. The molecule has 3 rings (SSSR count). The first-order chi connectivity index (χ1) is 10.6. The average Bonchev–Trinajstić information content (AvgIpc) is 2.56. The van der Waals surface area contributed by atoms with Crippen LogP contribution in [-0.2, 0) is 0 Å². The fourth-order valence-electron chi connectivity index (χ4n) is 2.61. The van der Waals surface area contributed by atoms with Crippen LogP contribution in [0.25, 0.3) is 0 Å². The highest BCUT2D eigenvalue weighted by Gasteiger charge is 2.23. The summed E-state index contributed by atoms with van der Waals surface area (Å²) >= 11 is 0. The first-order valence-corrected chi connectivity index (χ1v) is 7.04. The topological polar surface area (TPSA) is 95.6 Å². The molecule has 0 atom stereocenters. The summed E-state index contributed by atoms with van der Waals surface area (Å²) in [5, 5.41) is 9.31. The van der Waals surface area contributed by atoms with E-state index in [-0.39, 0.29) is 5.56 Å². The van der Waals surface area contributed by atoms with E-state index in [1.807, 2.05) is 17.0 Å². The molecule has 2 aromatic heterocycles. The lowest BCUT2D eigenvalue weighted by Gasteiger charge is -2.37. The number of nitrogens with two attached hydrogens (primary N) is 1. The van der Waals surface area contributed by atoms with Crippen molar-refractivity contribution in [2.24, 2.45) is 0 Å². The van der Waals surface area contributed by atoms with Crippen LogP contribution < -0.4 is 15.5 Å². The van der Waals surface area contributed by atoms with E-state index in [9.17, 15) is 9.90 Å². The van der Waals surface area contributed by atoms with Gasteiger partial charge < -0.3 is 20.6 Å². The van der Waals surface area contributed by atoms with E-state index in [0.717, 1.165) is 18.8 Å². The van der Waals surface area contributed by atoms with Gasteiger partial charge in [-0.15, -0.1) is 0 Å². The number of aromatic nitrogens is 2. The Morgan fingerprint density at radius 3 is 2.41 bits per heavy atom. The third kappa shape index (κ3) is 2.78. The summed E-state index contributed by atoms with van der Waals surface area (Å²) in [5.74, 6) is -0.526. The summed E-state index contributed by atoms with van der Waals surface area (Å²) in [5.41, 5.74) is 7.27. The van der Waals surface area contributed by atoms with E-state index in [2.05, 4.69) is 14.9 Å². The minimum Gasteiger partial charge on any atom is -0.478 e. The summed E-state index contributed by atoms with van der Waals surface area (Å²) in [4.78, 5) is 23.8. The second kappa shape index (κ2) is 5.88. The van der Waals surface area contributed by atoms with E-state index in [1.54, 1.807) is 12.4 Å². The minimum absolute atomic E-state index is 0.150. The lowest BCUT2D eigenvalue weighted by atomic mass is 10.2. The van der Waals surface area contributed by atoms with Gasteiger partial charge in [-0.05, 0) is 18.2 Å². The molecule has 0 spiro atoms. The fraction of sp³-hybridized carbons (Fsp3) is 0.267. The van der Waals surface area contributed by atoms with Crippen LogP contribution >= 0.6 is 0 Å². The number of carboxylic acids is 1. The Kier molecular flexibility index (Phi) is 3.78. The number of carbonyl (C=O) groups is 1. The molecule has 114 valence electrons. The molecule has 0 bridgehead atoms. The standard InChI is InChI=1S/C15H17N5O2/c16-11-9-13(15(21)22)14(18-10-11)20-7-5-19(6-8-20)12-1-3-17-4-2-12/h1-4,9-10H,5-8,16H2,(H,21,22). The molecule has 3 heterocycles. The molecule has 3 N–H and O–H groups in total. The number of aromatic carboxylic acids is 1. The Labute approximate surface area is 128 Å². The van der Waals surface area contributed by atoms with Gasteiger partial charge in [-0.3, -0.25) is 4.98 Å². The molecule has 0 aliphatic carbocycles. The highest BCUT2D eigenvalue weighted by molar-refractivity contribution is 5.94. The van der Waals surface area contributed by atoms with Crippen LogP contribution in [0.15, 0.2) is 36.8 Å². The van der Waals surface area contributed by atoms with Gasteiger partial charge in [-0.25, -0.2) is 9.78 Å². The maximum atomic E-state index is 11.4. The van der Waals surface area contributed by atoms with E-state index in [1.165, 1.54) is 12.3 Å². The number of pyridine rings is 2. The molecule has 0 radical (unpaired) electrons. The molecular formula is C15H17N5O2. The lowest BCUT2D eigenvalue weighted by molar-refractivity contribution is 0.0697. The monoisotopic (exact) mass is 299 g/mol. The van der Waals surface area contributed by atoms with Crippen LogP contribution in [0.2, 0.25) is 0 Å². The largest absolute Gasteiger partial charge is 0.478 e. The number of hydrogen-bond donors (Lipinski definition) is 2. The van der Waals surface area contributed by atoms with E-state index in [0.29, 0.717) is 24.6 Å². The van der Waals surface area contributed by atoms with Crippen molar-refractivity contribution in [2.75, 3.05) is 41.7 Å². The van der Waals surface area contributed by atoms with Crippen molar-refractivity contribution in [2.45, 2.75) is 0 Å². The van der Waals surface area contributed by atoms with Crippen molar-refractivity contribution < 1.29 is 9.90 Å². The zero-order valence-electron chi connectivity index (χ0n) is 12.0. The fourth-order valence-corrected chi connectivity index (χ4v) is 2.61. The van der Waals surface area contributed by atoms with Gasteiger partial charge in [0.2, 0.25) is 0 Å². The van der Waals surface area contributed by atoms with Crippen molar-refractivity contribution in [1.82, 2.24) is 9.97 Å². The van der Waals surface area contributed by atoms with Crippen LogP contribution in [0.3, 0.4) is 0 Å². The summed E-state index contributed by atoms with van der Waals surface area (Å²) in [7, 11) is 0. The van der Waals surface area contributed by atoms with Crippen molar-refractivity contribution in [1.29, 1.82) is 0 Å². The van der Waals surface area contributed by atoms with Crippen molar-refractivity contribution in [3.05, 3.63) is 42.4 Å². The molecule has 1 aliphatic heterocycles.